The highest BCUT2D eigenvalue weighted by Crippen LogP contribution is 2.16. The topological polar surface area (TPSA) is 0 Å². The van der Waals surface area contributed by atoms with Crippen LogP contribution < -0.4 is 0 Å². The molecule has 0 saturated carbocycles. The number of hydrogen-bond donors (Lipinski definition) is 0. The van der Waals surface area contributed by atoms with Gasteiger partial charge in [-0.2, -0.15) is 0 Å². The lowest BCUT2D eigenvalue weighted by molar-refractivity contribution is 1.12. The summed E-state index contributed by atoms with van der Waals surface area (Å²) < 4.78 is 2.76. The zero-order chi connectivity index (χ0) is 8.27. The number of halogens is 2. The van der Waals surface area contributed by atoms with Crippen molar-refractivity contribution in [3.63, 3.8) is 0 Å². The SMILES string of the molecule is [SiH3]CCc1ccc(I)cc1I. The molecule has 0 amide bonds. The minimum atomic E-state index is 1.27. The van der Waals surface area contributed by atoms with E-state index in [0.717, 1.165) is 0 Å². The molecule has 0 aromatic heterocycles. The lowest BCUT2D eigenvalue weighted by Gasteiger charge is -2.01. The Hall–Kier alpha value is 0.897. The first-order valence-corrected chi connectivity index (χ1v) is 7.25. The molecule has 0 nitrogen and oxygen atoms in total. The van der Waals surface area contributed by atoms with E-state index in [-0.39, 0.29) is 0 Å². The minimum Gasteiger partial charge on any atom is -0.0618 e. The Labute approximate surface area is 97.9 Å². The maximum absolute atomic E-state index is 2.42. The smallest absolute Gasteiger partial charge is 0.0172 e. The van der Waals surface area contributed by atoms with Crippen molar-refractivity contribution in [2.45, 2.75) is 12.5 Å². The molecule has 60 valence electrons. The number of rotatable bonds is 2. The highest BCUT2D eigenvalue weighted by molar-refractivity contribution is 14.1. The van der Waals surface area contributed by atoms with Gasteiger partial charge in [0.1, 0.15) is 0 Å². The highest BCUT2D eigenvalue weighted by atomic mass is 127. The van der Waals surface area contributed by atoms with Crippen LogP contribution in [0.2, 0.25) is 6.04 Å². The summed E-state index contributed by atoms with van der Waals surface area (Å²) in [7, 11) is 1.31. The van der Waals surface area contributed by atoms with Crippen LogP contribution in [0.1, 0.15) is 5.56 Å². The van der Waals surface area contributed by atoms with Gasteiger partial charge in [0.2, 0.25) is 0 Å². The van der Waals surface area contributed by atoms with Gasteiger partial charge in [0.05, 0.1) is 0 Å². The quantitative estimate of drug-likeness (QED) is 0.539. The van der Waals surface area contributed by atoms with E-state index < -0.39 is 0 Å². The van der Waals surface area contributed by atoms with Gasteiger partial charge < -0.3 is 0 Å². The third kappa shape index (κ3) is 3.02. The van der Waals surface area contributed by atoms with Crippen molar-refractivity contribution in [3.8, 4) is 0 Å². The third-order valence-corrected chi connectivity index (χ3v) is 3.71. The molecule has 0 N–H and O–H groups in total. The van der Waals surface area contributed by atoms with Gasteiger partial charge >= 0.3 is 0 Å². The van der Waals surface area contributed by atoms with E-state index in [9.17, 15) is 0 Å². The van der Waals surface area contributed by atoms with E-state index in [2.05, 4.69) is 63.4 Å². The first-order chi connectivity index (χ1) is 5.24. The van der Waals surface area contributed by atoms with Crippen molar-refractivity contribution in [2.24, 2.45) is 0 Å². The molecule has 0 saturated heterocycles. The Balaban J connectivity index is 2.90. The van der Waals surface area contributed by atoms with Gasteiger partial charge in [-0.05, 0) is 69.3 Å². The van der Waals surface area contributed by atoms with E-state index >= 15 is 0 Å². The molecule has 0 aliphatic heterocycles. The molecular formula is C8H10I2Si. The summed E-state index contributed by atoms with van der Waals surface area (Å²) >= 11 is 4.77. The van der Waals surface area contributed by atoms with Gasteiger partial charge in [0.15, 0.2) is 0 Å². The van der Waals surface area contributed by atoms with Crippen LogP contribution in [-0.4, -0.2) is 10.2 Å². The lowest BCUT2D eigenvalue weighted by atomic mass is 10.2. The molecule has 0 radical (unpaired) electrons. The van der Waals surface area contributed by atoms with E-state index in [1.165, 1.54) is 35.4 Å². The second-order valence-electron chi connectivity index (χ2n) is 2.49. The second kappa shape index (κ2) is 4.81. The molecule has 0 unspecified atom stereocenters. The van der Waals surface area contributed by atoms with E-state index in [1.54, 1.807) is 0 Å². The number of benzene rings is 1. The number of aryl methyl sites for hydroxylation is 1. The zero-order valence-corrected chi connectivity index (χ0v) is 12.7. The summed E-state index contributed by atoms with van der Waals surface area (Å²) in [6.07, 6.45) is 1.27. The van der Waals surface area contributed by atoms with Gasteiger partial charge in [0, 0.05) is 17.4 Å². The Morgan fingerprint density at radius 3 is 2.55 bits per heavy atom. The molecule has 0 atom stereocenters. The van der Waals surface area contributed by atoms with Crippen LogP contribution in [0.15, 0.2) is 18.2 Å². The molecule has 0 heterocycles. The van der Waals surface area contributed by atoms with Gasteiger partial charge in [-0.25, -0.2) is 0 Å². The van der Waals surface area contributed by atoms with E-state index in [4.69, 9.17) is 0 Å². The summed E-state index contributed by atoms with van der Waals surface area (Å²) in [6, 6.07) is 8.06. The fourth-order valence-electron chi connectivity index (χ4n) is 0.994. The standard InChI is InChI=1S/C8H10I2Si/c9-7-2-1-6(3-4-11)8(10)5-7/h1-2,5H,3-4H2,11H3. The van der Waals surface area contributed by atoms with Gasteiger partial charge in [0.25, 0.3) is 0 Å². The minimum absolute atomic E-state index is 1.27. The monoisotopic (exact) mass is 388 g/mol. The van der Waals surface area contributed by atoms with Crippen molar-refractivity contribution in [2.75, 3.05) is 0 Å². The summed E-state index contributed by atoms with van der Waals surface area (Å²) in [5, 5.41) is 0. The van der Waals surface area contributed by atoms with Crippen LogP contribution in [0.3, 0.4) is 0 Å². The second-order valence-corrected chi connectivity index (χ2v) is 5.89. The molecule has 3 heteroatoms. The third-order valence-electron chi connectivity index (χ3n) is 1.53. The van der Waals surface area contributed by atoms with Gasteiger partial charge in [-0.3, -0.25) is 0 Å². The van der Waals surface area contributed by atoms with Gasteiger partial charge in [-0.15, -0.1) is 0 Å². The van der Waals surface area contributed by atoms with Crippen molar-refractivity contribution in [3.05, 3.63) is 30.9 Å². The average Bonchev–Trinajstić information content (AvgIpc) is 1.95. The maximum Gasteiger partial charge on any atom is 0.0172 e. The normalized spacial score (nSPS) is 10.4. The predicted octanol–water partition coefficient (Wildman–Crippen LogP) is 2.22. The summed E-state index contributed by atoms with van der Waals surface area (Å²) in [6.45, 7) is 0. The highest BCUT2D eigenvalue weighted by Gasteiger charge is 1.97. The maximum atomic E-state index is 2.42. The molecule has 11 heavy (non-hydrogen) atoms. The fourth-order valence-corrected chi connectivity index (χ4v) is 3.40. The van der Waals surface area contributed by atoms with E-state index in [0.29, 0.717) is 0 Å². The van der Waals surface area contributed by atoms with Crippen molar-refractivity contribution >= 4 is 55.4 Å². The first kappa shape index (κ1) is 9.98. The van der Waals surface area contributed by atoms with Crippen LogP contribution in [-0.2, 0) is 6.42 Å². The summed E-state index contributed by atoms with van der Waals surface area (Å²) in [4.78, 5) is 0. The Morgan fingerprint density at radius 2 is 2.00 bits per heavy atom. The average molecular weight is 388 g/mol. The van der Waals surface area contributed by atoms with Crippen LogP contribution in [0.5, 0.6) is 0 Å². The largest absolute Gasteiger partial charge is 0.0618 e. The van der Waals surface area contributed by atoms with Crippen LogP contribution >= 0.6 is 45.2 Å². The Bertz CT molecular complexity index is 248. The number of hydrogen-bond acceptors (Lipinski definition) is 0. The Kier molecular flexibility index (Phi) is 4.36. The van der Waals surface area contributed by atoms with Gasteiger partial charge in [-0.1, -0.05) is 12.1 Å². The van der Waals surface area contributed by atoms with Crippen LogP contribution in [0.25, 0.3) is 0 Å². The van der Waals surface area contributed by atoms with Crippen LogP contribution in [0, 0.1) is 7.14 Å². The molecule has 1 rings (SSSR count). The van der Waals surface area contributed by atoms with Crippen molar-refractivity contribution in [1.29, 1.82) is 0 Å². The Morgan fingerprint density at radius 1 is 1.27 bits per heavy atom. The van der Waals surface area contributed by atoms with E-state index in [1.807, 2.05) is 0 Å². The molecule has 1 aromatic carbocycles. The van der Waals surface area contributed by atoms with Crippen molar-refractivity contribution < 1.29 is 0 Å². The fraction of sp³-hybridized carbons (Fsp3) is 0.250. The first-order valence-electron chi connectivity index (χ1n) is 3.68. The molecule has 1 aromatic rings. The molecular weight excluding hydrogens is 378 g/mol. The predicted molar refractivity (Wildman–Crippen MR) is 70.3 cm³/mol. The molecule has 0 spiro atoms. The summed E-state index contributed by atoms with van der Waals surface area (Å²) in [5.41, 5.74) is 1.51. The zero-order valence-electron chi connectivity index (χ0n) is 6.40. The molecule has 0 fully saturated rings. The molecule has 0 bridgehead atoms. The van der Waals surface area contributed by atoms with Crippen molar-refractivity contribution in [1.82, 2.24) is 0 Å². The molecule has 0 aliphatic rings. The summed E-state index contributed by atoms with van der Waals surface area (Å²) in [5.74, 6) is 0. The lowest BCUT2D eigenvalue weighted by Crippen LogP contribution is -1.88. The molecule has 0 aliphatic carbocycles. The van der Waals surface area contributed by atoms with Crippen LogP contribution in [0.4, 0.5) is 0 Å².